The largest absolute Gasteiger partial charge is 0.394 e. The third kappa shape index (κ3) is 23.4. The van der Waals surface area contributed by atoms with Crippen LogP contribution in [0.15, 0.2) is 0 Å². The molecule has 9 aliphatic heterocycles. The molecule has 0 aromatic heterocycles. The van der Waals surface area contributed by atoms with Gasteiger partial charge in [-0.1, -0.05) is 0 Å². The van der Waals surface area contributed by atoms with Crippen LogP contribution in [0.3, 0.4) is 0 Å². The number of ether oxygens (including phenoxy) is 18. The molecule has 0 aromatic rings. The Morgan fingerprint density at radius 3 is 0.820 bits per heavy atom. The fraction of sp³-hybridized carbons (Fsp3) is 0.912. The predicted octanol–water partition coefficient (Wildman–Crippen LogP) is -20.8. The summed E-state index contributed by atoms with van der Waals surface area (Å²) in [6, 6.07) is -10.2. The van der Waals surface area contributed by atoms with E-state index >= 15 is 0 Å². The number of nitrogens with one attached hydrogen (secondary N) is 6. The van der Waals surface area contributed by atoms with Crippen molar-refractivity contribution in [2.75, 3.05) is 72.7 Å². The van der Waals surface area contributed by atoms with Crippen LogP contribution >= 0.6 is 0 Å². The zero-order valence-corrected chi connectivity index (χ0v) is 65.9. The van der Waals surface area contributed by atoms with Crippen molar-refractivity contribution < 1.29 is 237 Å². The highest BCUT2D eigenvalue weighted by molar-refractivity contribution is 5.75. The van der Waals surface area contributed by atoms with Gasteiger partial charge in [0.1, 0.15) is 219 Å². The Morgan fingerprint density at radius 1 is 0.270 bits per heavy atom. The number of rotatable bonds is 36. The van der Waals surface area contributed by atoms with Crippen molar-refractivity contribution in [3.05, 3.63) is 0 Å². The van der Waals surface area contributed by atoms with Gasteiger partial charge < -0.3 is 240 Å². The summed E-state index contributed by atoms with van der Waals surface area (Å²) >= 11 is 0. The molecule has 0 unspecified atom stereocenters. The van der Waals surface area contributed by atoms with E-state index in [-0.39, 0.29) is 6.41 Å². The summed E-state index contributed by atoms with van der Waals surface area (Å²) in [6.07, 6.45) is -82.1. The van der Waals surface area contributed by atoms with Crippen molar-refractivity contribution in [1.82, 2.24) is 31.9 Å². The Morgan fingerprint density at radius 2 is 0.516 bits per heavy atom. The minimum absolute atomic E-state index is 0.245. The fourth-order valence-corrected chi connectivity index (χ4v) is 15.4. The van der Waals surface area contributed by atoms with Crippen LogP contribution < -0.4 is 31.9 Å². The normalized spacial score (nSPS) is 46.0. The maximum atomic E-state index is 13.4. The molecule has 9 aliphatic rings. The summed E-state index contributed by atoms with van der Waals surface area (Å²) in [6.45, 7) is -5.91. The molecule has 0 saturated carbocycles. The van der Waals surface area contributed by atoms with Crippen molar-refractivity contribution in [2.24, 2.45) is 0 Å². The first-order valence-corrected chi connectivity index (χ1v) is 38.8. The van der Waals surface area contributed by atoms with E-state index in [0.29, 0.717) is 0 Å². The van der Waals surface area contributed by atoms with Gasteiger partial charge in [0.05, 0.1) is 78.7 Å². The molecule has 9 fully saturated rings. The Hall–Kier alpha value is -4.86. The maximum Gasteiger partial charge on any atom is 0.217 e. The average molecular weight is 1780 g/mol. The molecule has 54 nitrogen and oxygen atoms in total. The van der Waals surface area contributed by atoms with Crippen LogP contribution in [0, 0.1) is 0 Å². The van der Waals surface area contributed by atoms with Crippen molar-refractivity contribution in [3.8, 4) is 0 Å². The van der Waals surface area contributed by atoms with Crippen LogP contribution in [0.4, 0.5) is 0 Å². The summed E-state index contributed by atoms with van der Waals surface area (Å²) in [7, 11) is 0. The molecule has 122 heavy (non-hydrogen) atoms. The highest BCUT2D eigenvalue weighted by Crippen LogP contribution is 2.40. The predicted molar refractivity (Wildman–Crippen MR) is 379 cm³/mol. The van der Waals surface area contributed by atoms with E-state index in [9.17, 15) is 151 Å². The Kier molecular flexibility index (Phi) is 37.6. The fourth-order valence-electron chi connectivity index (χ4n) is 15.4. The zero-order chi connectivity index (χ0) is 89.9. The third-order valence-corrected chi connectivity index (χ3v) is 21.7. The van der Waals surface area contributed by atoms with Gasteiger partial charge in [-0.05, 0) is 0 Å². The molecule has 54 heteroatoms. The maximum absolute atomic E-state index is 13.4. The molecular weight excluding hydrogens is 1670 g/mol. The lowest BCUT2D eigenvalue weighted by atomic mass is 9.93. The highest BCUT2D eigenvalue weighted by Gasteiger charge is 2.61. The average Bonchev–Trinajstić information content (AvgIpc) is 0.764. The molecule has 9 heterocycles. The van der Waals surface area contributed by atoms with Gasteiger partial charge in [0.25, 0.3) is 0 Å². The SMILES string of the molecule is CC(=O)N[C@H]1[C@H](O[C@H]2[C@@H](O)[C@@H](CO)O[C@@H](O[C@H]3[C@H](O)[C@@H](O)[C@H](OC[C@@H](CO)NC=O)O[C@@H]3CO)[C@@H]2O)O[C@H](CO)[C@@H](O[C@@H]2O[C@H](CO[C@@H]3O[C@H](CO)[C@@H](O)[C@H](O)[C@H]3NC(C)=O)[C@H](O)[C@H](O[C@@H]3O[C@H](CO)[C@@H](O[C@@H]4O[C@H](CO[C@@H]5O[C@H](CO)[C@@H](O)[C@H](O)[C@H]5NC(C)=O)[C@H](O)[C@H](O[C@@H]5O[C@H](CO)[C@@H](O)[C@H](O)[C@H]5NC(C)=O)[C@H]4O)[C@H](O)[C@H]3NC(C)=O)[C@H]2O)[C@@H]1O. The second kappa shape index (κ2) is 45.4. The molecule has 9 rings (SSSR count). The van der Waals surface area contributed by atoms with Crippen LogP contribution in [0.5, 0.6) is 0 Å². The van der Waals surface area contributed by atoms with Gasteiger partial charge in [-0.25, -0.2) is 0 Å². The van der Waals surface area contributed by atoms with Crippen LogP contribution in [0.1, 0.15) is 34.6 Å². The minimum atomic E-state index is -2.53. The molecule has 0 bridgehead atoms. The van der Waals surface area contributed by atoms with Crippen LogP contribution in [0.2, 0.25) is 0 Å². The number of amides is 6. The van der Waals surface area contributed by atoms with Crippen LogP contribution in [-0.4, -0.2) is 513 Å². The van der Waals surface area contributed by atoms with E-state index in [1.165, 1.54) is 0 Å². The first-order valence-electron chi connectivity index (χ1n) is 38.8. The Labute approximate surface area is 692 Å². The molecule has 0 aromatic carbocycles. The number of carbonyl (C=O) groups excluding carboxylic acids is 6. The number of hydrogen-bond donors (Lipinski definition) is 30. The van der Waals surface area contributed by atoms with E-state index in [0.717, 1.165) is 34.6 Å². The Bertz CT molecular complexity index is 3290. The van der Waals surface area contributed by atoms with Gasteiger partial charge in [-0.15, -0.1) is 0 Å². The molecule has 46 atom stereocenters. The second-order valence-corrected chi connectivity index (χ2v) is 30.4. The molecule has 0 radical (unpaired) electrons. The van der Waals surface area contributed by atoms with Crippen LogP contribution in [0.25, 0.3) is 0 Å². The number of aliphatic hydroxyl groups excluding tert-OH is 24. The first-order chi connectivity index (χ1) is 57.8. The van der Waals surface area contributed by atoms with E-state index in [2.05, 4.69) is 31.9 Å². The highest BCUT2D eigenvalue weighted by atomic mass is 16.8. The van der Waals surface area contributed by atoms with Crippen molar-refractivity contribution >= 4 is 35.9 Å². The molecular formula is C68H114N6O48. The summed E-state index contributed by atoms with van der Waals surface area (Å²) in [5.74, 6) is -4.52. The molecule has 30 N–H and O–H groups in total. The van der Waals surface area contributed by atoms with E-state index < -0.39 is 384 Å². The van der Waals surface area contributed by atoms with Gasteiger partial charge in [-0.3, -0.25) is 28.8 Å². The van der Waals surface area contributed by atoms with Crippen LogP contribution in [-0.2, 0) is 114 Å². The summed E-state index contributed by atoms with van der Waals surface area (Å²) in [5, 5.41) is 283. The Balaban J connectivity index is 1.01. The summed E-state index contributed by atoms with van der Waals surface area (Å²) in [4.78, 5) is 74.9. The number of hydrogen-bond acceptors (Lipinski definition) is 48. The third-order valence-electron chi connectivity index (χ3n) is 21.7. The lowest BCUT2D eigenvalue weighted by Gasteiger charge is -2.51. The molecule has 0 spiro atoms. The summed E-state index contributed by atoms with van der Waals surface area (Å²) in [5.41, 5.74) is 0. The number of carbonyl (C=O) groups is 6. The van der Waals surface area contributed by atoms with Gasteiger partial charge in [0, 0.05) is 34.6 Å². The van der Waals surface area contributed by atoms with E-state index in [4.69, 9.17) is 85.3 Å². The van der Waals surface area contributed by atoms with E-state index in [1.807, 2.05) is 0 Å². The van der Waals surface area contributed by atoms with Gasteiger partial charge >= 0.3 is 0 Å². The monoisotopic (exact) mass is 1780 g/mol. The summed E-state index contributed by atoms with van der Waals surface area (Å²) < 4.78 is 107. The lowest BCUT2D eigenvalue weighted by Crippen LogP contribution is -2.71. The topological polar surface area (TPSA) is 826 Å². The molecule has 9 saturated heterocycles. The smallest absolute Gasteiger partial charge is 0.217 e. The van der Waals surface area contributed by atoms with Gasteiger partial charge in [-0.2, -0.15) is 0 Å². The first kappa shape index (κ1) is 101. The molecule has 6 amide bonds. The second-order valence-electron chi connectivity index (χ2n) is 30.4. The van der Waals surface area contributed by atoms with Gasteiger partial charge in [0.2, 0.25) is 35.9 Å². The number of aliphatic hydroxyl groups is 24. The van der Waals surface area contributed by atoms with Crippen molar-refractivity contribution in [3.63, 3.8) is 0 Å². The lowest BCUT2D eigenvalue weighted by molar-refractivity contribution is -0.391. The van der Waals surface area contributed by atoms with Crippen molar-refractivity contribution in [1.29, 1.82) is 0 Å². The van der Waals surface area contributed by atoms with Crippen molar-refractivity contribution in [2.45, 2.75) is 317 Å². The molecule has 704 valence electrons. The zero-order valence-electron chi connectivity index (χ0n) is 65.9. The minimum Gasteiger partial charge on any atom is -0.394 e. The van der Waals surface area contributed by atoms with E-state index in [1.54, 1.807) is 0 Å². The quantitative estimate of drug-likeness (QED) is 0.0259. The molecule has 0 aliphatic carbocycles. The van der Waals surface area contributed by atoms with Gasteiger partial charge in [0.15, 0.2) is 56.6 Å². The standard InChI is InChI=1S/C68H114N6O48/c1-18(84)70-33-44(95)38(89)24(7-76)108-60(33)106-15-31-42(93)58(121-62-35(72-20(3)86)46(97)40(91)26(9-78)110-62)52(103)67(115-31)117-55-29(12-81)113-64(37(48(55)99)74-22(5)88)122-59-43(94)32(16-107-61-34(71-19(2)85)45(96)39(90)25(8-77)109-61)116-68(53(59)104)118-54-28(11-80)112-63(36(47(54)98)73-21(4)87)120-57-41(92)27(10-79)111-66(51(57)102)119-56-30(13-82)114-65(50(101)49(56)100)105-14-23(6-75)69-17-83/h17,23-68,75-82,89-104H,6-16H2,1-5H3,(H,69,83)(H,70,84)(H,71,85)(H,72,86)(H,73,87)(H,74,88)/t23-,24-,25-,26-,27-,28-,29-,30-,31-,32-,33-,34-,35-,36-,37-,38-,39-,40-,41+,42+,43+,44-,45-,46-,47-,48-,49-,50-,51-,52-,53-,54-,55-,56-,57+,58+,59+,60-,61-,62+,63+,64+,65-,66+,67+,68+/m1/s1.